The molecule has 1 aromatic heterocycles. The van der Waals surface area contributed by atoms with Gasteiger partial charge in [-0.05, 0) is 31.5 Å². The number of anilines is 1. The Morgan fingerprint density at radius 2 is 1.81 bits per heavy atom. The molecule has 0 fully saturated rings. The van der Waals surface area contributed by atoms with Crippen molar-refractivity contribution in [2.45, 2.75) is 32.5 Å². The molecule has 0 spiro atoms. The lowest BCUT2D eigenvalue weighted by Gasteiger charge is -2.30. The Morgan fingerprint density at radius 3 is 2.56 bits per heavy atom. The number of nitrogens with zero attached hydrogens (tertiary/aromatic N) is 1. The molecule has 4 rings (SSSR count). The quantitative estimate of drug-likeness (QED) is 0.737. The number of hydrogen-bond donors (Lipinski definition) is 1. The first-order valence-corrected chi connectivity index (χ1v) is 9.63. The summed E-state index contributed by atoms with van der Waals surface area (Å²) in [6, 6.07) is 15.8. The fourth-order valence-electron chi connectivity index (χ4n) is 2.94. The molecule has 6 heteroatoms. The third-order valence-electron chi connectivity index (χ3n) is 4.38. The van der Waals surface area contributed by atoms with Crippen molar-refractivity contribution in [1.29, 1.82) is 0 Å². The fourth-order valence-corrected chi connectivity index (χ4v) is 3.79. The standard InChI is InChI=1S/C21H20N2O3S/c1-13-7-9-15(10-8-13)11-16-12-22-21(27-16)23-20(24)19-14(2)25-17-5-3-4-6-18(17)26-19/h3-10,12,14,19H,11H2,1-2H3,(H,22,23,24)/t14-,19-/m1/s1. The summed E-state index contributed by atoms with van der Waals surface area (Å²) in [5.41, 5.74) is 2.46. The van der Waals surface area contributed by atoms with Gasteiger partial charge >= 0.3 is 0 Å². The molecule has 1 amide bonds. The Balaban J connectivity index is 1.41. The molecule has 0 bridgehead atoms. The third-order valence-corrected chi connectivity index (χ3v) is 5.30. The third kappa shape index (κ3) is 3.95. The summed E-state index contributed by atoms with van der Waals surface area (Å²) in [5, 5.41) is 3.42. The SMILES string of the molecule is Cc1ccc(Cc2cnc(NC(=O)[C@@H]3Oc4ccccc4O[C@@H]3C)s2)cc1. The molecule has 1 aliphatic heterocycles. The van der Waals surface area contributed by atoms with E-state index in [4.69, 9.17) is 9.47 Å². The highest BCUT2D eigenvalue weighted by Crippen LogP contribution is 2.34. The number of aromatic nitrogens is 1. The molecule has 2 atom stereocenters. The number of nitrogens with one attached hydrogen (secondary N) is 1. The zero-order valence-electron chi connectivity index (χ0n) is 15.1. The molecule has 3 aromatic rings. The van der Waals surface area contributed by atoms with Gasteiger partial charge in [-0.25, -0.2) is 4.98 Å². The predicted octanol–water partition coefficient (Wildman–Crippen LogP) is 4.21. The minimum atomic E-state index is -0.718. The van der Waals surface area contributed by atoms with E-state index in [-0.39, 0.29) is 12.0 Å². The molecule has 2 heterocycles. The molecule has 2 aromatic carbocycles. The van der Waals surface area contributed by atoms with Crippen LogP contribution in [0.4, 0.5) is 5.13 Å². The molecule has 0 unspecified atom stereocenters. The second-order valence-electron chi connectivity index (χ2n) is 6.59. The lowest BCUT2D eigenvalue weighted by atomic mass is 10.1. The number of ether oxygens (including phenoxy) is 2. The van der Waals surface area contributed by atoms with Crippen molar-refractivity contribution in [1.82, 2.24) is 4.98 Å². The zero-order chi connectivity index (χ0) is 18.8. The van der Waals surface area contributed by atoms with Crippen LogP contribution in [0.3, 0.4) is 0 Å². The lowest BCUT2D eigenvalue weighted by Crippen LogP contribution is -2.46. The van der Waals surface area contributed by atoms with Crippen LogP contribution in [-0.2, 0) is 11.2 Å². The van der Waals surface area contributed by atoms with Crippen LogP contribution in [0.15, 0.2) is 54.7 Å². The number of thiazole rings is 1. The Morgan fingerprint density at radius 1 is 1.11 bits per heavy atom. The van der Waals surface area contributed by atoms with Gasteiger partial charge in [-0.15, -0.1) is 11.3 Å². The molecule has 1 aliphatic rings. The fraction of sp³-hybridized carbons (Fsp3) is 0.238. The number of benzene rings is 2. The van der Waals surface area contributed by atoms with E-state index < -0.39 is 6.10 Å². The number of hydrogen-bond acceptors (Lipinski definition) is 5. The molecular formula is C21H20N2O3S. The second-order valence-corrected chi connectivity index (χ2v) is 7.71. The first-order chi connectivity index (χ1) is 13.1. The van der Waals surface area contributed by atoms with E-state index in [1.54, 1.807) is 12.3 Å². The average Bonchev–Trinajstić information content (AvgIpc) is 3.09. The lowest BCUT2D eigenvalue weighted by molar-refractivity contribution is -0.128. The molecule has 138 valence electrons. The number of amides is 1. The summed E-state index contributed by atoms with van der Waals surface area (Å²) in [6.07, 6.45) is 1.49. The van der Waals surface area contributed by atoms with E-state index in [0.29, 0.717) is 16.6 Å². The van der Waals surface area contributed by atoms with E-state index >= 15 is 0 Å². The highest BCUT2D eigenvalue weighted by Gasteiger charge is 2.34. The van der Waals surface area contributed by atoms with Gasteiger partial charge in [0, 0.05) is 17.5 Å². The number of carbonyl (C=O) groups excluding carboxylic acids is 1. The Bertz CT molecular complexity index is 952. The normalized spacial score (nSPS) is 18.1. The summed E-state index contributed by atoms with van der Waals surface area (Å²) < 4.78 is 11.6. The molecule has 0 radical (unpaired) electrons. The van der Waals surface area contributed by atoms with E-state index in [0.717, 1.165) is 11.3 Å². The van der Waals surface area contributed by atoms with Crippen molar-refractivity contribution in [3.63, 3.8) is 0 Å². The predicted molar refractivity (Wildman–Crippen MR) is 106 cm³/mol. The monoisotopic (exact) mass is 380 g/mol. The first kappa shape index (κ1) is 17.5. The number of carbonyl (C=O) groups is 1. The summed E-state index contributed by atoms with van der Waals surface area (Å²) >= 11 is 1.47. The number of aryl methyl sites for hydroxylation is 1. The summed E-state index contributed by atoms with van der Waals surface area (Å²) in [4.78, 5) is 18.1. The van der Waals surface area contributed by atoms with E-state index in [9.17, 15) is 4.79 Å². The highest BCUT2D eigenvalue weighted by molar-refractivity contribution is 7.15. The van der Waals surface area contributed by atoms with Crippen LogP contribution in [-0.4, -0.2) is 23.1 Å². The molecule has 27 heavy (non-hydrogen) atoms. The van der Waals surface area contributed by atoms with Crippen molar-refractivity contribution in [2.24, 2.45) is 0 Å². The maximum atomic E-state index is 12.6. The minimum absolute atomic E-state index is 0.256. The van der Waals surface area contributed by atoms with Gasteiger partial charge < -0.3 is 9.47 Å². The van der Waals surface area contributed by atoms with E-state index in [2.05, 4.69) is 41.5 Å². The maximum Gasteiger partial charge on any atom is 0.271 e. The van der Waals surface area contributed by atoms with Crippen molar-refractivity contribution in [3.05, 3.63) is 70.7 Å². The van der Waals surface area contributed by atoms with Crippen LogP contribution in [0.25, 0.3) is 0 Å². The zero-order valence-corrected chi connectivity index (χ0v) is 16.0. The first-order valence-electron chi connectivity index (χ1n) is 8.82. The van der Waals surface area contributed by atoms with Gasteiger partial charge in [0.25, 0.3) is 5.91 Å². The van der Waals surface area contributed by atoms with Crippen LogP contribution in [0, 0.1) is 6.92 Å². The maximum absolute atomic E-state index is 12.6. The Kier molecular flexibility index (Phi) is 4.81. The average molecular weight is 380 g/mol. The summed E-state index contributed by atoms with van der Waals surface area (Å²) in [5.74, 6) is 0.979. The molecule has 1 N–H and O–H groups in total. The van der Waals surface area contributed by atoms with Gasteiger partial charge in [0.1, 0.15) is 6.10 Å². The molecule has 0 saturated carbocycles. The largest absolute Gasteiger partial charge is 0.482 e. The summed E-state index contributed by atoms with van der Waals surface area (Å²) in [7, 11) is 0. The summed E-state index contributed by atoms with van der Waals surface area (Å²) in [6.45, 7) is 3.89. The molecular weight excluding hydrogens is 360 g/mol. The van der Waals surface area contributed by atoms with Gasteiger partial charge in [-0.1, -0.05) is 42.0 Å². The van der Waals surface area contributed by atoms with Crippen LogP contribution in [0.5, 0.6) is 11.5 Å². The van der Waals surface area contributed by atoms with Gasteiger partial charge in [0.15, 0.2) is 16.6 Å². The van der Waals surface area contributed by atoms with Crippen molar-refractivity contribution >= 4 is 22.4 Å². The number of fused-ring (bicyclic) bond motifs is 1. The van der Waals surface area contributed by atoms with Crippen molar-refractivity contribution in [3.8, 4) is 11.5 Å². The Hall–Kier alpha value is -2.86. The second kappa shape index (κ2) is 7.40. The minimum Gasteiger partial charge on any atom is -0.482 e. The van der Waals surface area contributed by atoms with Crippen LogP contribution in [0.1, 0.15) is 22.9 Å². The molecule has 0 saturated heterocycles. The van der Waals surface area contributed by atoms with Crippen molar-refractivity contribution < 1.29 is 14.3 Å². The van der Waals surface area contributed by atoms with Crippen molar-refractivity contribution in [2.75, 3.05) is 5.32 Å². The van der Waals surface area contributed by atoms with Gasteiger partial charge in [-0.3, -0.25) is 10.1 Å². The molecule has 0 aliphatic carbocycles. The van der Waals surface area contributed by atoms with Gasteiger partial charge in [0.05, 0.1) is 0 Å². The smallest absolute Gasteiger partial charge is 0.271 e. The van der Waals surface area contributed by atoms with Gasteiger partial charge in [-0.2, -0.15) is 0 Å². The molecule has 5 nitrogen and oxygen atoms in total. The van der Waals surface area contributed by atoms with Crippen LogP contribution < -0.4 is 14.8 Å². The van der Waals surface area contributed by atoms with E-state index in [1.807, 2.05) is 25.1 Å². The van der Waals surface area contributed by atoms with Crippen LogP contribution in [0.2, 0.25) is 0 Å². The number of para-hydroxylation sites is 2. The Labute approximate surface area is 162 Å². The highest BCUT2D eigenvalue weighted by atomic mass is 32.1. The topological polar surface area (TPSA) is 60.5 Å². The van der Waals surface area contributed by atoms with Crippen LogP contribution >= 0.6 is 11.3 Å². The number of rotatable bonds is 4. The van der Waals surface area contributed by atoms with E-state index in [1.165, 1.54) is 22.5 Å². The van der Waals surface area contributed by atoms with Gasteiger partial charge in [0.2, 0.25) is 6.10 Å².